The third-order valence-electron chi connectivity index (χ3n) is 3.94. The fourth-order valence-corrected chi connectivity index (χ4v) is 3.62. The standard InChI is InChI=1S/C19H15N3O4S/c1-25-15-3-5-16(6-4-15)27(23,24)22-14-2-7-17-18(12-14)26-19(21-17)13-8-10-20-11-9-13/h2-12,22H,1H3. The van der Waals surface area contributed by atoms with Crippen LogP contribution in [0.3, 0.4) is 0 Å². The number of nitrogens with zero attached hydrogens (tertiary/aromatic N) is 2. The first-order chi connectivity index (χ1) is 13.0. The molecule has 27 heavy (non-hydrogen) atoms. The molecule has 0 amide bonds. The number of hydrogen-bond acceptors (Lipinski definition) is 6. The quantitative estimate of drug-likeness (QED) is 0.566. The zero-order valence-corrected chi connectivity index (χ0v) is 15.1. The fourth-order valence-electron chi connectivity index (χ4n) is 2.58. The van der Waals surface area contributed by atoms with Gasteiger partial charge in [-0.3, -0.25) is 9.71 Å². The number of ether oxygens (including phenoxy) is 1. The molecule has 0 bridgehead atoms. The van der Waals surface area contributed by atoms with Gasteiger partial charge in [-0.2, -0.15) is 0 Å². The van der Waals surface area contributed by atoms with Gasteiger partial charge in [0.1, 0.15) is 11.3 Å². The van der Waals surface area contributed by atoms with E-state index in [0.717, 1.165) is 5.56 Å². The second-order valence-electron chi connectivity index (χ2n) is 5.72. The van der Waals surface area contributed by atoms with Crippen molar-refractivity contribution in [2.45, 2.75) is 4.90 Å². The molecule has 0 aliphatic heterocycles. The van der Waals surface area contributed by atoms with Gasteiger partial charge >= 0.3 is 0 Å². The molecule has 4 rings (SSSR count). The summed E-state index contributed by atoms with van der Waals surface area (Å²) >= 11 is 0. The Kier molecular flexibility index (Phi) is 4.25. The van der Waals surface area contributed by atoms with Crippen molar-refractivity contribution in [3.05, 3.63) is 67.0 Å². The zero-order chi connectivity index (χ0) is 18.9. The maximum Gasteiger partial charge on any atom is 0.261 e. The molecule has 7 nitrogen and oxygen atoms in total. The van der Waals surface area contributed by atoms with E-state index in [-0.39, 0.29) is 4.90 Å². The smallest absolute Gasteiger partial charge is 0.261 e. The van der Waals surface area contributed by atoms with Crippen molar-refractivity contribution in [1.29, 1.82) is 0 Å². The average Bonchev–Trinajstić information content (AvgIpc) is 3.12. The summed E-state index contributed by atoms with van der Waals surface area (Å²) in [4.78, 5) is 8.51. The van der Waals surface area contributed by atoms with Crippen molar-refractivity contribution in [1.82, 2.24) is 9.97 Å². The SMILES string of the molecule is COc1ccc(S(=O)(=O)Nc2ccc3nc(-c4ccncc4)oc3c2)cc1. The molecule has 0 aliphatic rings. The Balaban J connectivity index is 1.63. The van der Waals surface area contributed by atoms with Crippen LogP contribution in [0.4, 0.5) is 5.69 Å². The molecule has 0 atom stereocenters. The number of pyridine rings is 1. The predicted octanol–water partition coefficient (Wildman–Crippen LogP) is 3.70. The van der Waals surface area contributed by atoms with Crippen LogP contribution in [0.5, 0.6) is 5.75 Å². The Bertz CT molecular complexity index is 1190. The average molecular weight is 381 g/mol. The summed E-state index contributed by atoms with van der Waals surface area (Å²) in [6, 6.07) is 14.7. The molecular formula is C19H15N3O4S. The van der Waals surface area contributed by atoms with Crippen LogP contribution in [0, 0.1) is 0 Å². The zero-order valence-electron chi connectivity index (χ0n) is 14.3. The van der Waals surface area contributed by atoms with Crippen LogP contribution in [-0.2, 0) is 10.0 Å². The van der Waals surface area contributed by atoms with Crippen LogP contribution >= 0.6 is 0 Å². The van der Waals surface area contributed by atoms with Crippen LogP contribution in [0.2, 0.25) is 0 Å². The molecule has 0 unspecified atom stereocenters. The number of benzene rings is 2. The molecule has 2 aromatic heterocycles. The van der Waals surface area contributed by atoms with Crippen molar-refractivity contribution in [3.8, 4) is 17.2 Å². The second kappa shape index (κ2) is 6.73. The highest BCUT2D eigenvalue weighted by atomic mass is 32.2. The number of hydrogen-bond donors (Lipinski definition) is 1. The van der Waals surface area contributed by atoms with Gasteiger partial charge in [0.25, 0.3) is 10.0 Å². The summed E-state index contributed by atoms with van der Waals surface area (Å²) in [5.74, 6) is 1.03. The molecule has 0 fully saturated rings. The van der Waals surface area contributed by atoms with Crippen molar-refractivity contribution in [3.63, 3.8) is 0 Å². The van der Waals surface area contributed by atoms with Gasteiger partial charge in [-0.25, -0.2) is 13.4 Å². The van der Waals surface area contributed by atoms with Gasteiger partial charge in [0.05, 0.1) is 17.7 Å². The van der Waals surface area contributed by atoms with Crippen molar-refractivity contribution in [2.75, 3.05) is 11.8 Å². The Labute approximate surface area is 155 Å². The molecule has 136 valence electrons. The van der Waals surface area contributed by atoms with Gasteiger partial charge in [0.15, 0.2) is 5.58 Å². The lowest BCUT2D eigenvalue weighted by atomic mass is 10.3. The molecule has 2 heterocycles. The summed E-state index contributed by atoms with van der Waals surface area (Å²) in [5, 5.41) is 0. The minimum atomic E-state index is -3.73. The molecule has 8 heteroatoms. The van der Waals surface area contributed by atoms with E-state index >= 15 is 0 Å². The number of anilines is 1. The number of oxazole rings is 1. The lowest BCUT2D eigenvalue weighted by molar-refractivity contribution is 0.414. The van der Waals surface area contributed by atoms with Crippen LogP contribution in [0.25, 0.3) is 22.6 Å². The second-order valence-corrected chi connectivity index (χ2v) is 7.40. The van der Waals surface area contributed by atoms with Crippen LogP contribution < -0.4 is 9.46 Å². The normalized spacial score (nSPS) is 11.4. The highest BCUT2D eigenvalue weighted by molar-refractivity contribution is 7.92. The maximum atomic E-state index is 12.6. The van der Waals surface area contributed by atoms with Gasteiger partial charge in [-0.05, 0) is 48.5 Å². The Morgan fingerprint density at radius 1 is 1.00 bits per heavy atom. The van der Waals surface area contributed by atoms with E-state index in [1.807, 2.05) is 0 Å². The number of nitrogens with one attached hydrogen (secondary N) is 1. The first kappa shape index (κ1) is 17.0. The third kappa shape index (κ3) is 3.47. The van der Waals surface area contributed by atoms with Crippen LogP contribution in [-0.4, -0.2) is 25.5 Å². The first-order valence-corrected chi connectivity index (χ1v) is 9.51. The number of methoxy groups -OCH3 is 1. The Morgan fingerprint density at radius 3 is 2.44 bits per heavy atom. The largest absolute Gasteiger partial charge is 0.497 e. The molecular weight excluding hydrogens is 366 g/mol. The Morgan fingerprint density at radius 2 is 1.74 bits per heavy atom. The van der Waals surface area contributed by atoms with Gasteiger partial charge in [0, 0.05) is 24.0 Å². The number of aromatic nitrogens is 2. The fraction of sp³-hybridized carbons (Fsp3) is 0.0526. The van der Waals surface area contributed by atoms with E-state index in [1.54, 1.807) is 54.9 Å². The number of fused-ring (bicyclic) bond motifs is 1. The predicted molar refractivity (Wildman–Crippen MR) is 101 cm³/mol. The highest BCUT2D eigenvalue weighted by Crippen LogP contribution is 2.27. The maximum absolute atomic E-state index is 12.6. The molecule has 0 spiro atoms. The molecule has 4 aromatic rings. The third-order valence-corrected chi connectivity index (χ3v) is 5.33. The Hall–Kier alpha value is -3.39. The summed E-state index contributed by atoms with van der Waals surface area (Å²) in [6.45, 7) is 0. The van der Waals surface area contributed by atoms with E-state index in [2.05, 4.69) is 14.7 Å². The van der Waals surface area contributed by atoms with Crippen LogP contribution in [0.1, 0.15) is 0 Å². The first-order valence-electron chi connectivity index (χ1n) is 8.03. The van der Waals surface area contributed by atoms with E-state index in [1.165, 1.54) is 19.2 Å². The lowest BCUT2D eigenvalue weighted by Gasteiger charge is -2.08. The minimum Gasteiger partial charge on any atom is -0.497 e. The minimum absolute atomic E-state index is 0.137. The molecule has 0 aliphatic carbocycles. The van der Waals surface area contributed by atoms with Gasteiger partial charge in [-0.15, -0.1) is 0 Å². The van der Waals surface area contributed by atoms with Gasteiger partial charge in [-0.1, -0.05) is 0 Å². The molecule has 2 aromatic carbocycles. The van der Waals surface area contributed by atoms with Crippen LogP contribution in [0.15, 0.2) is 76.3 Å². The highest BCUT2D eigenvalue weighted by Gasteiger charge is 2.16. The van der Waals surface area contributed by atoms with Crippen molar-refractivity contribution in [2.24, 2.45) is 0 Å². The summed E-state index contributed by atoms with van der Waals surface area (Å²) in [6.07, 6.45) is 3.30. The van der Waals surface area contributed by atoms with E-state index in [4.69, 9.17) is 9.15 Å². The molecule has 0 radical (unpaired) electrons. The molecule has 0 saturated heterocycles. The topological polar surface area (TPSA) is 94.3 Å². The number of sulfonamides is 1. The summed E-state index contributed by atoms with van der Waals surface area (Å²) in [5.41, 5.74) is 2.29. The lowest BCUT2D eigenvalue weighted by Crippen LogP contribution is -2.12. The van der Waals surface area contributed by atoms with Gasteiger partial charge < -0.3 is 9.15 Å². The van der Waals surface area contributed by atoms with E-state index in [9.17, 15) is 8.42 Å². The van der Waals surface area contributed by atoms with Gasteiger partial charge in [0.2, 0.25) is 5.89 Å². The number of rotatable bonds is 5. The molecule has 1 N–H and O–H groups in total. The van der Waals surface area contributed by atoms with E-state index < -0.39 is 10.0 Å². The van der Waals surface area contributed by atoms with Crippen molar-refractivity contribution >= 4 is 26.8 Å². The van der Waals surface area contributed by atoms with E-state index in [0.29, 0.717) is 28.4 Å². The monoisotopic (exact) mass is 381 g/mol. The summed E-state index contributed by atoms with van der Waals surface area (Å²) < 4.78 is 38.5. The molecule has 0 saturated carbocycles. The van der Waals surface area contributed by atoms with Crippen molar-refractivity contribution < 1.29 is 17.6 Å². The summed E-state index contributed by atoms with van der Waals surface area (Å²) in [7, 11) is -2.21.